The van der Waals surface area contributed by atoms with Gasteiger partial charge in [-0.25, -0.2) is 9.97 Å². The molecular weight excluding hydrogens is 244 g/mol. The maximum atomic E-state index is 5.74. The van der Waals surface area contributed by atoms with Crippen molar-refractivity contribution in [1.29, 1.82) is 0 Å². The lowest BCUT2D eigenvalue weighted by Crippen LogP contribution is -2.34. The lowest BCUT2D eigenvalue weighted by molar-refractivity contribution is 0.557. The molecule has 3 aromatic rings. The fourth-order valence-electron chi connectivity index (χ4n) is 2.42. The van der Waals surface area contributed by atoms with Crippen LogP contribution in [0.1, 0.15) is 5.82 Å². The predicted molar refractivity (Wildman–Crippen MR) is 69.4 cm³/mol. The third-order valence-corrected chi connectivity index (χ3v) is 3.33. The number of aromatic nitrogens is 6. The van der Waals surface area contributed by atoms with Gasteiger partial charge in [-0.3, -0.25) is 0 Å². The van der Waals surface area contributed by atoms with E-state index in [2.05, 4.69) is 34.4 Å². The molecule has 96 valence electrons. The molecule has 1 aliphatic rings. The summed E-state index contributed by atoms with van der Waals surface area (Å²) >= 11 is 0. The van der Waals surface area contributed by atoms with Gasteiger partial charge in [-0.05, 0) is 0 Å². The van der Waals surface area contributed by atoms with Crippen LogP contribution < -0.4 is 10.6 Å². The molecule has 3 aromatic heterocycles. The first-order valence-electron chi connectivity index (χ1n) is 6.03. The van der Waals surface area contributed by atoms with Crippen molar-refractivity contribution in [2.75, 3.05) is 17.2 Å². The van der Waals surface area contributed by atoms with Gasteiger partial charge in [-0.1, -0.05) is 0 Å². The summed E-state index contributed by atoms with van der Waals surface area (Å²) in [5, 5.41) is 0. The Bertz CT molecular complexity index is 742. The van der Waals surface area contributed by atoms with E-state index in [4.69, 9.17) is 5.73 Å². The van der Waals surface area contributed by atoms with Crippen LogP contribution in [0.25, 0.3) is 11.2 Å². The van der Waals surface area contributed by atoms with E-state index in [1.54, 1.807) is 6.33 Å². The topological polar surface area (TPSA) is 102 Å². The van der Waals surface area contributed by atoms with Gasteiger partial charge in [0.05, 0.1) is 12.9 Å². The molecule has 0 fully saturated rings. The highest BCUT2D eigenvalue weighted by atomic mass is 15.3. The molecular formula is C11H12N8. The summed E-state index contributed by atoms with van der Waals surface area (Å²) in [6.45, 7) is 2.44. The van der Waals surface area contributed by atoms with Crippen LogP contribution in [-0.2, 0) is 13.1 Å². The van der Waals surface area contributed by atoms with Crippen LogP contribution >= 0.6 is 0 Å². The first-order chi connectivity index (χ1) is 9.31. The molecule has 4 heterocycles. The lowest BCUT2D eigenvalue weighted by Gasteiger charge is -2.28. The van der Waals surface area contributed by atoms with Gasteiger partial charge < -0.3 is 20.2 Å². The zero-order valence-corrected chi connectivity index (χ0v) is 10.1. The van der Waals surface area contributed by atoms with E-state index in [0.717, 1.165) is 30.2 Å². The average molecular weight is 256 g/mol. The summed E-state index contributed by atoms with van der Waals surface area (Å²) in [6.07, 6.45) is 5.42. The van der Waals surface area contributed by atoms with E-state index in [9.17, 15) is 0 Å². The van der Waals surface area contributed by atoms with Crippen LogP contribution in [0.2, 0.25) is 0 Å². The molecule has 0 unspecified atom stereocenters. The van der Waals surface area contributed by atoms with E-state index < -0.39 is 0 Å². The highest BCUT2D eigenvalue weighted by Crippen LogP contribution is 2.24. The smallest absolute Gasteiger partial charge is 0.224 e. The predicted octanol–water partition coefficient (Wildman–Crippen LogP) is 0.152. The number of nitrogens with zero attached hydrogens (tertiary/aromatic N) is 6. The zero-order chi connectivity index (χ0) is 12.8. The van der Waals surface area contributed by atoms with Crippen LogP contribution in [0.3, 0.4) is 0 Å². The third kappa shape index (κ3) is 1.53. The first-order valence-corrected chi connectivity index (χ1v) is 6.03. The molecule has 4 rings (SSSR count). The largest absolute Gasteiger partial charge is 0.368 e. The van der Waals surface area contributed by atoms with Crippen LogP contribution in [-0.4, -0.2) is 36.0 Å². The van der Waals surface area contributed by atoms with Crippen molar-refractivity contribution in [3.63, 3.8) is 0 Å². The van der Waals surface area contributed by atoms with E-state index in [-0.39, 0.29) is 5.95 Å². The normalized spacial score (nSPS) is 14.8. The average Bonchev–Trinajstić information content (AvgIpc) is 3.04. The molecule has 0 atom stereocenters. The Balaban J connectivity index is 1.81. The van der Waals surface area contributed by atoms with Crippen molar-refractivity contribution >= 4 is 22.9 Å². The minimum atomic E-state index is 0.239. The third-order valence-electron chi connectivity index (χ3n) is 3.33. The van der Waals surface area contributed by atoms with Gasteiger partial charge >= 0.3 is 0 Å². The summed E-state index contributed by atoms with van der Waals surface area (Å²) in [5.74, 6) is 2.05. The van der Waals surface area contributed by atoms with E-state index in [1.807, 2.05) is 12.4 Å². The minimum absolute atomic E-state index is 0.239. The van der Waals surface area contributed by atoms with E-state index in [1.165, 1.54) is 0 Å². The number of anilines is 2. The number of H-pyrrole nitrogens is 1. The summed E-state index contributed by atoms with van der Waals surface area (Å²) in [4.78, 5) is 22.1. The number of nitrogen functional groups attached to an aromatic ring is 1. The summed E-state index contributed by atoms with van der Waals surface area (Å²) in [7, 11) is 0. The highest BCUT2D eigenvalue weighted by molar-refractivity contribution is 5.84. The lowest BCUT2D eigenvalue weighted by atomic mass is 10.3. The van der Waals surface area contributed by atoms with Crippen molar-refractivity contribution < 1.29 is 0 Å². The molecule has 0 saturated carbocycles. The quantitative estimate of drug-likeness (QED) is 0.642. The zero-order valence-electron chi connectivity index (χ0n) is 10.1. The highest BCUT2D eigenvalue weighted by Gasteiger charge is 2.21. The second-order valence-corrected chi connectivity index (χ2v) is 4.46. The number of imidazole rings is 2. The maximum Gasteiger partial charge on any atom is 0.224 e. The molecule has 0 aromatic carbocycles. The van der Waals surface area contributed by atoms with Gasteiger partial charge in [0, 0.05) is 25.5 Å². The number of nitrogens with two attached hydrogens (primary N) is 1. The SMILES string of the molecule is Nc1nc(N2CCn3ccnc3C2)c2[nH]cnc2n1. The number of rotatable bonds is 1. The Morgan fingerprint density at radius 2 is 2.16 bits per heavy atom. The van der Waals surface area contributed by atoms with Crippen molar-refractivity contribution in [3.8, 4) is 0 Å². The molecule has 19 heavy (non-hydrogen) atoms. The second-order valence-electron chi connectivity index (χ2n) is 4.46. The van der Waals surface area contributed by atoms with Crippen LogP contribution in [0.15, 0.2) is 18.7 Å². The molecule has 0 aliphatic carbocycles. The Kier molecular flexibility index (Phi) is 1.99. The van der Waals surface area contributed by atoms with Gasteiger partial charge in [0.1, 0.15) is 11.3 Å². The first kappa shape index (κ1) is 10.3. The molecule has 0 amide bonds. The van der Waals surface area contributed by atoms with Gasteiger partial charge in [0.15, 0.2) is 11.5 Å². The Labute approximate surface area is 108 Å². The second kappa shape index (κ2) is 3.67. The molecule has 8 nitrogen and oxygen atoms in total. The van der Waals surface area contributed by atoms with Crippen LogP contribution in [0, 0.1) is 0 Å². The number of hydrogen-bond acceptors (Lipinski definition) is 6. The summed E-state index contributed by atoms with van der Waals surface area (Å²) in [6, 6.07) is 0. The Hall–Kier alpha value is -2.64. The van der Waals surface area contributed by atoms with Crippen molar-refractivity contribution in [2.24, 2.45) is 0 Å². The maximum absolute atomic E-state index is 5.74. The molecule has 1 aliphatic heterocycles. The van der Waals surface area contributed by atoms with Crippen molar-refractivity contribution in [1.82, 2.24) is 29.5 Å². The number of aromatic amines is 1. The van der Waals surface area contributed by atoms with Crippen molar-refractivity contribution in [3.05, 3.63) is 24.5 Å². The molecule has 3 N–H and O–H groups in total. The molecule has 0 saturated heterocycles. The summed E-state index contributed by atoms with van der Waals surface area (Å²) < 4.78 is 2.14. The van der Waals surface area contributed by atoms with Crippen LogP contribution in [0.5, 0.6) is 0 Å². The number of fused-ring (bicyclic) bond motifs is 2. The standard InChI is InChI=1S/C11H12N8/c12-11-16-9-8(14-6-15-9)10(17-11)19-4-3-18-2-1-13-7(18)5-19/h1-2,6H,3-5H2,(H3,12,14,15,16,17). The fourth-order valence-corrected chi connectivity index (χ4v) is 2.42. The molecule has 0 radical (unpaired) electrons. The molecule has 8 heteroatoms. The van der Waals surface area contributed by atoms with Gasteiger partial charge in [-0.15, -0.1) is 0 Å². The summed E-state index contributed by atoms with van der Waals surface area (Å²) in [5.41, 5.74) is 7.15. The number of hydrogen-bond donors (Lipinski definition) is 2. The number of nitrogens with one attached hydrogen (secondary N) is 1. The monoisotopic (exact) mass is 256 g/mol. The van der Waals surface area contributed by atoms with Gasteiger partial charge in [0.2, 0.25) is 5.95 Å². The molecule has 0 spiro atoms. The van der Waals surface area contributed by atoms with E-state index in [0.29, 0.717) is 12.2 Å². The molecule has 0 bridgehead atoms. The Morgan fingerprint density at radius 1 is 1.21 bits per heavy atom. The van der Waals surface area contributed by atoms with Crippen molar-refractivity contribution in [2.45, 2.75) is 13.1 Å². The Morgan fingerprint density at radius 3 is 3.11 bits per heavy atom. The van der Waals surface area contributed by atoms with Gasteiger partial charge in [0.25, 0.3) is 0 Å². The van der Waals surface area contributed by atoms with Crippen LogP contribution in [0.4, 0.5) is 11.8 Å². The fraction of sp³-hybridized carbons (Fsp3) is 0.273. The van der Waals surface area contributed by atoms with Gasteiger partial charge in [-0.2, -0.15) is 9.97 Å². The minimum Gasteiger partial charge on any atom is -0.368 e. The van der Waals surface area contributed by atoms with E-state index >= 15 is 0 Å².